The summed E-state index contributed by atoms with van der Waals surface area (Å²) in [4.78, 5) is 0. The molecule has 1 aliphatic carbocycles. The van der Waals surface area contributed by atoms with E-state index in [0.717, 1.165) is 44.9 Å². The Morgan fingerprint density at radius 3 is 2.53 bits per heavy atom. The molecule has 0 bridgehead atoms. The molecule has 1 saturated heterocycles. The number of rotatable bonds is 3. The average Bonchev–Trinajstić information content (AvgIpc) is 2.64. The van der Waals surface area contributed by atoms with Crippen molar-refractivity contribution in [2.75, 3.05) is 12.4 Å². The Hall–Kier alpha value is -0.130. The van der Waals surface area contributed by atoms with E-state index >= 15 is 0 Å². The summed E-state index contributed by atoms with van der Waals surface area (Å²) in [5.74, 6) is 0.172. The lowest BCUT2D eigenvalue weighted by Gasteiger charge is -2.23. The second kappa shape index (κ2) is 5.67. The second-order valence-electron chi connectivity index (χ2n) is 5.30. The fourth-order valence-corrected chi connectivity index (χ4v) is 5.13. The van der Waals surface area contributed by atoms with E-state index in [-0.39, 0.29) is 23.1 Å². The van der Waals surface area contributed by atoms with Crippen LogP contribution in [-0.2, 0) is 14.6 Å². The summed E-state index contributed by atoms with van der Waals surface area (Å²) in [5, 5.41) is -0.339. The standard InChI is InChI=1S/C12H23NO3S/c13-11-6-2-1-3-7-12(11)17(14,15)9-10-5-4-8-16-10/h10-12H,1-9,13H2. The monoisotopic (exact) mass is 261 g/mol. The lowest BCUT2D eigenvalue weighted by molar-refractivity contribution is 0.127. The topological polar surface area (TPSA) is 69.4 Å². The molecule has 2 fully saturated rings. The molecule has 100 valence electrons. The number of sulfone groups is 1. The summed E-state index contributed by atoms with van der Waals surface area (Å²) >= 11 is 0. The van der Waals surface area contributed by atoms with Crippen LogP contribution < -0.4 is 5.73 Å². The van der Waals surface area contributed by atoms with Gasteiger partial charge in [0.2, 0.25) is 0 Å². The average molecular weight is 261 g/mol. The van der Waals surface area contributed by atoms with E-state index in [9.17, 15) is 8.42 Å². The maximum atomic E-state index is 12.3. The van der Waals surface area contributed by atoms with Gasteiger partial charge in [0.1, 0.15) is 0 Å². The summed E-state index contributed by atoms with van der Waals surface area (Å²) in [7, 11) is -3.09. The van der Waals surface area contributed by atoms with Gasteiger partial charge in [-0.25, -0.2) is 8.42 Å². The molecule has 0 amide bonds. The lowest BCUT2D eigenvalue weighted by Crippen LogP contribution is -2.42. The first-order valence-electron chi connectivity index (χ1n) is 6.68. The zero-order valence-electron chi connectivity index (χ0n) is 10.3. The van der Waals surface area contributed by atoms with E-state index < -0.39 is 9.84 Å². The van der Waals surface area contributed by atoms with Crippen LogP contribution >= 0.6 is 0 Å². The van der Waals surface area contributed by atoms with E-state index in [1.807, 2.05) is 0 Å². The molecule has 0 aromatic heterocycles. The van der Waals surface area contributed by atoms with Gasteiger partial charge in [-0.3, -0.25) is 0 Å². The highest BCUT2D eigenvalue weighted by Gasteiger charge is 2.34. The summed E-state index contributed by atoms with van der Waals surface area (Å²) < 4.78 is 30.1. The molecule has 1 heterocycles. The second-order valence-corrected chi connectivity index (χ2v) is 7.57. The van der Waals surface area contributed by atoms with Gasteiger partial charge in [0, 0.05) is 12.6 Å². The van der Waals surface area contributed by atoms with Crippen molar-refractivity contribution in [3.05, 3.63) is 0 Å². The third kappa shape index (κ3) is 3.42. The minimum Gasteiger partial charge on any atom is -0.377 e. The number of hydrogen-bond acceptors (Lipinski definition) is 4. The quantitative estimate of drug-likeness (QED) is 0.776. The fraction of sp³-hybridized carbons (Fsp3) is 1.00. The molecule has 0 aromatic rings. The molecule has 0 aromatic carbocycles. The maximum Gasteiger partial charge on any atom is 0.157 e. The Morgan fingerprint density at radius 2 is 1.82 bits per heavy atom. The molecule has 2 rings (SSSR count). The van der Waals surface area contributed by atoms with Crippen molar-refractivity contribution in [3.63, 3.8) is 0 Å². The number of nitrogens with two attached hydrogens (primary N) is 1. The zero-order chi connectivity index (χ0) is 12.3. The molecular weight excluding hydrogens is 238 g/mol. The van der Waals surface area contributed by atoms with Gasteiger partial charge in [-0.05, 0) is 25.7 Å². The van der Waals surface area contributed by atoms with Crippen molar-refractivity contribution in [2.24, 2.45) is 5.73 Å². The third-order valence-electron chi connectivity index (χ3n) is 3.91. The maximum absolute atomic E-state index is 12.3. The summed E-state index contributed by atoms with van der Waals surface area (Å²) in [5.41, 5.74) is 6.02. The van der Waals surface area contributed by atoms with Crippen molar-refractivity contribution in [2.45, 2.75) is 62.3 Å². The smallest absolute Gasteiger partial charge is 0.157 e. The molecule has 2 N–H and O–H groups in total. The van der Waals surface area contributed by atoms with Crippen molar-refractivity contribution in [1.82, 2.24) is 0 Å². The molecule has 3 atom stereocenters. The largest absolute Gasteiger partial charge is 0.377 e. The highest BCUT2D eigenvalue weighted by atomic mass is 32.2. The van der Waals surface area contributed by atoms with Crippen LogP contribution in [0, 0.1) is 0 Å². The first kappa shape index (κ1) is 13.3. The summed E-state index contributed by atoms with van der Waals surface area (Å²) in [6.45, 7) is 0.705. The normalized spacial score (nSPS) is 35.7. The molecule has 1 aliphatic heterocycles. The van der Waals surface area contributed by atoms with Crippen LogP contribution in [0.5, 0.6) is 0 Å². The van der Waals surface area contributed by atoms with E-state index in [2.05, 4.69) is 0 Å². The Labute approximate surface area is 104 Å². The van der Waals surface area contributed by atoms with Crippen LogP contribution in [0.25, 0.3) is 0 Å². The molecule has 2 aliphatic rings. The predicted octanol–water partition coefficient (Wildman–Crippen LogP) is 1.24. The van der Waals surface area contributed by atoms with Crippen molar-refractivity contribution in [3.8, 4) is 0 Å². The molecule has 1 saturated carbocycles. The summed E-state index contributed by atoms with van der Waals surface area (Å²) in [6.07, 6.45) is 6.51. The van der Waals surface area contributed by atoms with E-state index in [4.69, 9.17) is 10.5 Å². The van der Waals surface area contributed by atoms with Crippen LogP contribution in [0.3, 0.4) is 0 Å². The van der Waals surface area contributed by atoms with E-state index in [0.29, 0.717) is 6.61 Å². The molecule has 0 radical (unpaired) electrons. The minimum absolute atomic E-state index is 0.0875. The Balaban J connectivity index is 2.01. The fourth-order valence-electron chi connectivity index (χ4n) is 2.91. The van der Waals surface area contributed by atoms with E-state index in [1.54, 1.807) is 0 Å². The molecule has 3 unspecified atom stereocenters. The van der Waals surface area contributed by atoms with Gasteiger partial charge in [0.05, 0.1) is 17.1 Å². The van der Waals surface area contributed by atoms with Gasteiger partial charge in [0.15, 0.2) is 9.84 Å². The van der Waals surface area contributed by atoms with Gasteiger partial charge >= 0.3 is 0 Å². The Bertz CT molecular complexity index is 336. The highest BCUT2D eigenvalue weighted by molar-refractivity contribution is 7.92. The van der Waals surface area contributed by atoms with Crippen LogP contribution in [0.4, 0.5) is 0 Å². The lowest BCUT2D eigenvalue weighted by atomic mass is 10.1. The van der Waals surface area contributed by atoms with Gasteiger partial charge in [-0.2, -0.15) is 0 Å². The van der Waals surface area contributed by atoms with Gasteiger partial charge in [-0.1, -0.05) is 19.3 Å². The molecule has 0 spiro atoms. The van der Waals surface area contributed by atoms with Crippen molar-refractivity contribution < 1.29 is 13.2 Å². The van der Waals surface area contributed by atoms with Crippen LogP contribution in [0.15, 0.2) is 0 Å². The van der Waals surface area contributed by atoms with Crippen LogP contribution in [0.2, 0.25) is 0 Å². The predicted molar refractivity (Wildman–Crippen MR) is 67.6 cm³/mol. The summed E-state index contributed by atoms with van der Waals surface area (Å²) in [6, 6.07) is -0.177. The molecular formula is C12H23NO3S. The molecule has 5 heteroatoms. The van der Waals surface area contributed by atoms with E-state index in [1.165, 1.54) is 0 Å². The highest BCUT2D eigenvalue weighted by Crippen LogP contribution is 2.25. The van der Waals surface area contributed by atoms with Gasteiger partial charge in [-0.15, -0.1) is 0 Å². The first-order valence-corrected chi connectivity index (χ1v) is 8.40. The SMILES string of the molecule is NC1CCCCCC1S(=O)(=O)CC1CCCO1. The van der Waals surface area contributed by atoms with Crippen LogP contribution in [-0.4, -0.2) is 38.2 Å². The molecule has 17 heavy (non-hydrogen) atoms. The van der Waals surface area contributed by atoms with Gasteiger partial charge in [0.25, 0.3) is 0 Å². The number of ether oxygens (including phenoxy) is 1. The zero-order valence-corrected chi connectivity index (χ0v) is 11.1. The van der Waals surface area contributed by atoms with Crippen molar-refractivity contribution >= 4 is 9.84 Å². The third-order valence-corrected chi connectivity index (χ3v) is 6.25. The van der Waals surface area contributed by atoms with Crippen LogP contribution in [0.1, 0.15) is 44.9 Å². The first-order chi connectivity index (χ1) is 8.09. The van der Waals surface area contributed by atoms with Gasteiger partial charge < -0.3 is 10.5 Å². The Kier molecular flexibility index (Phi) is 4.44. The Morgan fingerprint density at radius 1 is 1.06 bits per heavy atom. The minimum atomic E-state index is -3.09. The number of hydrogen-bond donors (Lipinski definition) is 1. The van der Waals surface area contributed by atoms with Crippen molar-refractivity contribution in [1.29, 1.82) is 0 Å². The molecule has 4 nitrogen and oxygen atoms in total.